The van der Waals surface area contributed by atoms with Crippen molar-refractivity contribution in [1.82, 2.24) is 4.90 Å². The minimum absolute atomic E-state index is 0.0633. The monoisotopic (exact) mass is 271 g/mol. The van der Waals surface area contributed by atoms with Crippen molar-refractivity contribution in [2.45, 2.75) is 36.9 Å². The van der Waals surface area contributed by atoms with Crippen LogP contribution >= 0.6 is 0 Å². The van der Waals surface area contributed by atoms with Crippen molar-refractivity contribution in [3.63, 3.8) is 0 Å². The second-order valence-corrected chi connectivity index (χ2v) is 6.30. The highest BCUT2D eigenvalue weighted by Gasteiger charge is 2.53. The molecule has 1 aromatic carbocycles. The van der Waals surface area contributed by atoms with Crippen LogP contribution < -0.4 is 9.47 Å². The lowest BCUT2D eigenvalue weighted by Gasteiger charge is -2.45. The third kappa shape index (κ3) is 1.24. The Morgan fingerprint density at radius 3 is 3.00 bits per heavy atom. The Bertz CT molecular complexity index is 626. The summed E-state index contributed by atoms with van der Waals surface area (Å²) in [6.07, 6.45) is 5.88. The standard InChI is InChI=1S/C16H17NO3/c18-11-1-2-16-3-4-17(15(16)6-11)8-10-5-13-14(7-12(10)16)20-9-19-13/h1-2,5,7,11,15,18H,3-4,6,8-9H2/t11-,15-,16+/m1/s1. The van der Waals surface area contributed by atoms with Gasteiger partial charge in [-0.15, -0.1) is 0 Å². The van der Waals surface area contributed by atoms with Gasteiger partial charge in [0, 0.05) is 24.5 Å². The molecule has 1 aliphatic carbocycles. The van der Waals surface area contributed by atoms with Gasteiger partial charge in [-0.1, -0.05) is 12.2 Å². The smallest absolute Gasteiger partial charge is 0.231 e. The van der Waals surface area contributed by atoms with Gasteiger partial charge < -0.3 is 14.6 Å². The van der Waals surface area contributed by atoms with Crippen molar-refractivity contribution in [2.75, 3.05) is 13.3 Å². The predicted octanol–water partition coefficient (Wildman–Crippen LogP) is 1.56. The number of nitrogens with zero attached hydrogens (tertiary/aromatic N) is 1. The van der Waals surface area contributed by atoms with Crippen LogP contribution in [0.2, 0.25) is 0 Å². The molecule has 1 aromatic rings. The summed E-state index contributed by atoms with van der Waals surface area (Å²) in [5.74, 6) is 1.75. The molecule has 5 rings (SSSR count). The summed E-state index contributed by atoms with van der Waals surface area (Å²) in [4.78, 5) is 2.51. The summed E-state index contributed by atoms with van der Waals surface area (Å²) in [7, 11) is 0. The molecule has 0 radical (unpaired) electrons. The molecule has 0 amide bonds. The Morgan fingerprint density at radius 2 is 2.10 bits per heavy atom. The number of rotatable bonds is 0. The van der Waals surface area contributed by atoms with Crippen molar-refractivity contribution < 1.29 is 14.6 Å². The molecule has 0 spiro atoms. The van der Waals surface area contributed by atoms with E-state index in [9.17, 15) is 5.11 Å². The number of ether oxygens (including phenoxy) is 2. The fourth-order valence-electron chi connectivity index (χ4n) is 4.48. The van der Waals surface area contributed by atoms with E-state index in [-0.39, 0.29) is 11.5 Å². The molecule has 4 aliphatic rings. The van der Waals surface area contributed by atoms with E-state index in [0.717, 1.165) is 37.4 Å². The van der Waals surface area contributed by atoms with E-state index in [0.29, 0.717) is 12.8 Å². The maximum Gasteiger partial charge on any atom is 0.231 e. The average Bonchev–Trinajstić information content (AvgIpc) is 3.00. The first-order chi connectivity index (χ1) is 9.76. The molecule has 4 nitrogen and oxygen atoms in total. The summed E-state index contributed by atoms with van der Waals surface area (Å²) in [6, 6.07) is 4.75. The van der Waals surface area contributed by atoms with Crippen LogP contribution in [0.5, 0.6) is 11.5 Å². The lowest BCUT2D eigenvalue weighted by Crippen LogP contribution is -2.49. The van der Waals surface area contributed by atoms with Crippen molar-refractivity contribution in [3.05, 3.63) is 35.4 Å². The van der Waals surface area contributed by atoms with Gasteiger partial charge in [0.1, 0.15) is 0 Å². The van der Waals surface area contributed by atoms with Gasteiger partial charge in [-0.05, 0) is 36.1 Å². The summed E-state index contributed by atoms with van der Waals surface area (Å²) in [6.45, 7) is 2.38. The summed E-state index contributed by atoms with van der Waals surface area (Å²) in [5, 5.41) is 9.95. The Balaban J connectivity index is 1.74. The minimum Gasteiger partial charge on any atom is -0.454 e. The van der Waals surface area contributed by atoms with Gasteiger partial charge >= 0.3 is 0 Å². The van der Waals surface area contributed by atoms with Crippen LogP contribution in [0, 0.1) is 0 Å². The zero-order valence-corrected chi connectivity index (χ0v) is 11.2. The molecule has 1 N–H and O–H groups in total. The largest absolute Gasteiger partial charge is 0.454 e. The lowest BCUT2D eigenvalue weighted by molar-refractivity contribution is 0.110. The molecule has 0 saturated carbocycles. The van der Waals surface area contributed by atoms with Crippen LogP contribution in [0.1, 0.15) is 24.0 Å². The first kappa shape index (κ1) is 11.2. The van der Waals surface area contributed by atoms with E-state index in [1.165, 1.54) is 11.1 Å². The maximum absolute atomic E-state index is 9.95. The van der Waals surface area contributed by atoms with E-state index < -0.39 is 0 Å². The number of fused-ring (bicyclic) bond motifs is 2. The molecular formula is C16H17NO3. The van der Waals surface area contributed by atoms with Gasteiger partial charge in [0.25, 0.3) is 0 Å². The van der Waals surface area contributed by atoms with Crippen LogP contribution in [0.15, 0.2) is 24.3 Å². The minimum atomic E-state index is -0.302. The van der Waals surface area contributed by atoms with Gasteiger partial charge in [-0.3, -0.25) is 4.90 Å². The number of benzene rings is 1. The number of hydrogen-bond donors (Lipinski definition) is 1. The topological polar surface area (TPSA) is 41.9 Å². The molecule has 3 aliphatic heterocycles. The summed E-state index contributed by atoms with van der Waals surface area (Å²) >= 11 is 0. The van der Waals surface area contributed by atoms with Crippen LogP contribution in [0.3, 0.4) is 0 Å². The second kappa shape index (κ2) is 3.57. The van der Waals surface area contributed by atoms with Crippen molar-refractivity contribution in [2.24, 2.45) is 0 Å². The van der Waals surface area contributed by atoms with Gasteiger partial charge in [-0.25, -0.2) is 0 Å². The van der Waals surface area contributed by atoms with E-state index in [1.807, 2.05) is 6.08 Å². The normalized spacial score (nSPS) is 39.5. The second-order valence-electron chi connectivity index (χ2n) is 6.30. The molecule has 3 heterocycles. The molecule has 1 saturated heterocycles. The Kier molecular flexibility index (Phi) is 1.99. The number of aliphatic hydroxyl groups is 1. The third-order valence-electron chi connectivity index (χ3n) is 5.40. The zero-order valence-electron chi connectivity index (χ0n) is 11.2. The third-order valence-corrected chi connectivity index (χ3v) is 5.40. The first-order valence-electron chi connectivity index (χ1n) is 7.31. The number of aliphatic hydroxyl groups excluding tert-OH is 1. The molecule has 1 unspecified atom stereocenters. The first-order valence-corrected chi connectivity index (χ1v) is 7.31. The average molecular weight is 271 g/mol. The van der Waals surface area contributed by atoms with Crippen LogP contribution in [-0.2, 0) is 12.0 Å². The van der Waals surface area contributed by atoms with Crippen LogP contribution in [0.25, 0.3) is 0 Å². The fraction of sp³-hybridized carbons (Fsp3) is 0.500. The van der Waals surface area contributed by atoms with Gasteiger partial charge in [0.2, 0.25) is 6.79 Å². The van der Waals surface area contributed by atoms with Gasteiger partial charge in [0.15, 0.2) is 11.5 Å². The van der Waals surface area contributed by atoms with E-state index in [1.54, 1.807) is 0 Å². The van der Waals surface area contributed by atoms with E-state index >= 15 is 0 Å². The Morgan fingerprint density at radius 1 is 1.25 bits per heavy atom. The molecule has 4 heteroatoms. The summed E-state index contributed by atoms with van der Waals surface area (Å²) < 4.78 is 11.1. The molecular weight excluding hydrogens is 254 g/mol. The highest BCUT2D eigenvalue weighted by atomic mass is 16.7. The lowest BCUT2D eigenvalue weighted by atomic mass is 9.66. The zero-order chi connectivity index (χ0) is 13.3. The SMILES string of the molecule is O[C@@H]1C=C[C@]23CCN(Cc4cc5c(cc42)OCO5)[C@@H]3C1. The van der Waals surface area contributed by atoms with Crippen LogP contribution in [-0.4, -0.2) is 35.5 Å². The van der Waals surface area contributed by atoms with Crippen LogP contribution in [0.4, 0.5) is 0 Å². The quantitative estimate of drug-likeness (QED) is 0.727. The molecule has 104 valence electrons. The highest BCUT2D eigenvalue weighted by molar-refractivity contribution is 5.55. The van der Waals surface area contributed by atoms with Crippen molar-refractivity contribution >= 4 is 0 Å². The highest BCUT2D eigenvalue weighted by Crippen LogP contribution is 2.53. The molecule has 1 fully saturated rings. The van der Waals surface area contributed by atoms with E-state index in [2.05, 4.69) is 23.1 Å². The molecule has 20 heavy (non-hydrogen) atoms. The van der Waals surface area contributed by atoms with Crippen molar-refractivity contribution in [1.29, 1.82) is 0 Å². The molecule has 0 aromatic heterocycles. The van der Waals surface area contributed by atoms with Gasteiger partial charge in [0.05, 0.1) is 6.10 Å². The Hall–Kier alpha value is -1.52. The van der Waals surface area contributed by atoms with Crippen molar-refractivity contribution in [3.8, 4) is 11.5 Å². The molecule has 4 atom stereocenters. The summed E-state index contributed by atoms with van der Waals surface area (Å²) in [5.41, 5.74) is 2.79. The predicted molar refractivity (Wildman–Crippen MR) is 72.8 cm³/mol. The maximum atomic E-state index is 9.95. The number of hydrogen-bond acceptors (Lipinski definition) is 4. The van der Waals surface area contributed by atoms with E-state index in [4.69, 9.17) is 9.47 Å². The van der Waals surface area contributed by atoms with Gasteiger partial charge in [-0.2, -0.15) is 0 Å². The Labute approximate surface area is 117 Å². The molecule has 2 bridgehead atoms. The fourth-order valence-corrected chi connectivity index (χ4v) is 4.48.